The molecular formula is C12H14F2N2O. The van der Waals surface area contributed by atoms with E-state index in [2.05, 4.69) is 5.32 Å². The van der Waals surface area contributed by atoms with Crippen molar-refractivity contribution in [2.24, 2.45) is 0 Å². The van der Waals surface area contributed by atoms with Gasteiger partial charge in [0.15, 0.2) is 11.6 Å². The summed E-state index contributed by atoms with van der Waals surface area (Å²) in [5.74, 6) is -1.94. The van der Waals surface area contributed by atoms with Crippen LogP contribution in [0.4, 0.5) is 20.2 Å². The highest BCUT2D eigenvalue weighted by Gasteiger charge is 2.25. The first kappa shape index (κ1) is 11.8. The van der Waals surface area contributed by atoms with Crippen molar-refractivity contribution in [3.63, 3.8) is 0 Å². The van der Waals surface area contributed by atoms with Gasteiger partial charge in [0.1, 0.15) is 0 Å². The van der Waals surface area contributed by atoms with Gasteiger partial charge in [-0.2, -0.15) is 0 Å². The van der Waals surface area contributed by atoms with Gasteiger partial charge in [0.2, 0.25) is 5.91 Å². The molecular weight excluding hydrogens is 226 g/mol. The second-order valence-corrected chi connectivity index (χ2v) is 4.04. The number of amides is 1. The van der Waals surface area contributed by atoms with Crippen LogP contribution >= 0.6 is 0 Å². The molecule has 1 aliphatic rings. The van der Waals surface area contributed by atoms with Crippen molar-refractivity contribution >= 4 is 17.3 Å². The predicted molar refractivity (Wildman–Crippen MR) is 62.1 cm³/mol. The van der Waals surface area contributed by atoms with E-state index in [0.717, 1.165) is 25.0 Å². The molecule has 5 heteroatoms. The van der Waals surface area contributed by atoms with Crippen molar-refractivity contribution in [1.82, 2.24) is 0 Å². The third-order valence-electron chi connectivity index (χ3n) is 2.80. The molecule has 0 unspecified atom stereocenters. The van der Waals surface area contributed by atoms with Crippen LogP contribution in [0, 0.1) is 11.6 Å². The summed E-state index contributed by atoms with van der Waals surface area (Å²) in [4.78, 5) is 13.2. The molecule has 17 heavy (non-hydrogen) atoms. The summed E-state index contributed by atoms with van der Waals surface area (Å²) in [5, 5.41) is 2.79. The Labute approximate surface area is 98.4 Å². The Balaban J connectivity index is 2.36. The highest BCUT2D eigenvalue weighted by Crippen LogP contribution is 2.31. The molecule has 0 saturated heterocycles. The molecule has 1 aromatic carbocycles. The number of nitrogens with zero attached hydrogens (tertiary/aromatic N) is 1. The Hall–Kier alpha value is -1.65. The minimum atomic E-state index is -0.929. The van der Waals surface area contributed by atoms with E-state index in [4.69, 9.17) is 0 Å². The second kappa shape index (κ2) is 4.69. The fraction of sp³-hybridized carbons (Fsp3) is 0.417. The number of fused-ring (bicyclic) bond motifs is 1. The van der Waals surface area contributed by atoms with Gasteiger partial charge >= 0.3 is 0 Å². The van der Waals surface area contributed by atoms with Gasteiger partial charge in [-0.1, -0.05) is 13.3 Å². The maximum absolute atomic E-state index is 13.2. The van der Waals surface area contributed by atoms with Crippen LogP contribution in [0.25, 0.3) is 0 Å². The summed E-state index contributed by atoms with van der Waals surface area (Å²) in [6.45, 7) is 2.68. The third-order valence-corrected chi connectivity index (χ3v) is 2.80. The minimum Gasteiger partial charge on any atom is -0.374 e. The van der Waals surface area contributed by atoms with Crippen molar-refractivity contribution in [2.45, 2.75) is 19.8 Å². The predicted octanol–water partition coefficient (Wildman–Crippen LogP) is 2.52. The lowest BCUT2D eigenvalue weighted by Gasteiger charge is -2.30. The molecule has 1 aliphatic heterocycles. The van der Waals surface area contributed by atoms with Crippen LogP contribution in [0.15, 0.2) is 12.1 Å². The average Bonchev–Trinajstić information content (AvgIpc) is 2.30. The van der Waals surface area contributed by atoms with E-state index >= 15 is 0 Å². The number of hydrogen-bond donors (Lipinski definition) is 1. The van der Waals surface area contributed by atoms with Crippen molar-refractivity contribution in [1.29, 1.82) is 0 Å². The van der Waals surface area contributed by atoms with E-state index in [-0.39, 0.29) is 12.5 Å². The molecule has 0 atom stereocenters. The molecule has 92 valence electrons. The molecule has 2 rings (SSSR count). The first-order valence-corrected chi connectivity index (χ1v) is 5.66. The van der Waals surface area contributed by atoms with Crippen LogP contribution in [0.1, 0.15) is 19.8 Å². The maximum atomic E-state index is 13.2. The molecule has 0 radical (unpaired) electrons. The van der Waals surface area contributed by atoms with Crippen LogP contribution in [0.3, 0.4) is 0 Å². The SMILES string of the molecule is CCCCN1C(=O)CNc2cc(F)c(F)cc21. The largest absolute Gasteiger partial charge is 0.374 e. The molecule has 3 nitrogen and oxygen atoms in total. The van der Waals surface area contributed by atoms with Crippen molar-refractivity contribution in [2.75, 3.05) is 23.3 Å². The summed E-state index contributed by atoms with van der Waals surface area (Å²) in [6, 6.07) is 2.17. The van der Waals surface area contributed by atoms with Gasteiger partial charge in [-0.05, 0) is 6.42 Å². The molecule has 1 heterocycles. The van der Waals surface area contributed by atoms with E-state index in [0.29, 0.717) is 17.9 Å². The van der Waals surface area contributed by atoms with Gasteiger partial charge in [-0.25, -0.2) is 8.78 Å². The van der Waals surface area contributed by atoms with E-state index in [1.54, 1.807) is 0 Å². The molecule has 0 saturated carbocycles. The normalized spacial score (nSPS) is 14.5. The number of unbranched alkanes of at least 4 members (excludes halogenated alkanes) is 1. The summed E-state index contributed by atoms with van der Waals surface area (Å²) < 4.78 is 26.3. The zero-order chi connectivity index (χ0) is 12.4. The Morgan fingerprint density at radius 1 is 1.35 bits per heavy atom. The number of halogens is 2. The number of nitrogens with one attached hydrogen (secondary N) is 1. The van der Waals surface area contributed by atoms with E-state index in [9.17, 15) is 13.6 Å². The van der Waals surface area contributed by atoms with Crippen molar-refractivity contribution < 1.29 is 13.6 Å². The Kier molecular flexibility index (Phi) is 3.26. The molecule has 1 amide bonds. The summed E-state index contributed by atoms with van der Waals surface area (Å²) >= 11 is 0. The minimum absolute atomic E-state index is 0.114. The third kappa shape index (κ3) is 2.23. The van der Waals surface area contributed by atoms with Crippen molar-refractivity contribution in [3.8, 4) is 0 Å². The van der Waals surface area contributed by atoms with Crippen molar-refractivity contribution in [3.05, 3.63) is 23.8 Å². The van der Waals surface area contributed by atoms with E-state index in [1.165, 1.54) is 4.90 Å². The molecule has 0 aromatic heterocycles. The van der Waals surface area contributed by atoms with E-state index < -0.39 is 11.6 Å². The van der Waals surface area contributed by atoms with Gasteiger partial charge in [0.25, 0.3) is 0 Å². The molecule has 0 fully saturated rings. The monoisotopic (exact) mass is 240 g/mol. The molecule has 1 aromatic rings. The average molecular weight is 240 g/mol. The number of benzene rings is 1. The molecule has 0 spiro atoms. The smallest absolute Gasteiger partial charge is 0.246 e. The van der Waals surface area contributed by atoms with Crippen LogP contribution in [0.5, 0.6) is 0 Å². The second-order valence-electron chi connectivity index (χ2n) is 4.04. The summed E-state index contributed by atoms with van der Waals surface area (Å²) in [6.07, 6.45) is 1.78. The van der Waals surface area contributed by atoms with Crippen LogP contribution in [-0.4, -0.2) is 19.0 Å². The van der Waals surface area contributed by atoms with Gasteiger partial charge in [0, 0.05) is 18.7 Å². The summed E-state index contributed by atoms with van der Waals surface area (Å²) in [7, 11) is 0. The fourth-order valence-electron chi connectivity index (χ4n) is 1.86. The highest BCUT2D eigenvalue weighted by atomic mass is 19.2. The lowest BCUT2D eigenvalue weighted by molar-refractivity contribution is -0.117. The number of carbonyl (C=O) groups is 1. The van der Waals surface area contributed by atoms with Crippen LogP contribution in [-0.2, 0) is 4.79 Å². The van der Waals surface area contributed by atoms with Gasteiger partial charge in [-0.3, -0.25) is 4.79 Å². The van der Waals surface area contributed by atoms with Crippen LogP contribution in [0.2, 0.25) is 0 Å². The lowest BCUT2D eigenvalue weighted by atomic mass is 10.1. The first-order valence-electron chi connectivity index (χ1n) is 5.66. The Morgan fingerprint density at radius 3 is 2.76 bits per heavy atom. The Bertz CT molecular complexity index is 448. The lowest BCUT2D eigenvalue weighted by Crippen LogP contribution is -2.40. The standard InChI is InChI=1S/C12H14F2N2O/c1-2-3-4-16-11-6-9(14)8(13)5-10(11)15-7-12(16)17/h5-6,15H,2-4,7H2,1H3. The fourth-order valence-corrected chi connectivity index (χ4v) is 1.86. The Morgan fingerprint density at radius 2 is 2.06 bits per heavy atom. The van der Waals surface area contributed by atoms with Crippen LogP contribution < -0.4 is 10.2 Å². The van der Waals surface area contributed by atoms with E-state index in [1.807, 2.05) is 6.92 Å². The molecule has 1 N–H and O–H groups in total. The van der Waals surface area contributed by atoms with Gasteiger partial charge in [0.05, 0.1) is 17.9 Å². The zero-order valence-electron chi connectivity index (χ0n) is 9.59. The molecule has 0 bridgehead atoms. The van der Waals surface area contributed by atoms with Gasteiger partial charge < -0.3 is 10.2 Å². The highest BCUT2D eigenvalue weighted by molar-refractivity contribution is 6.02. The topological polar surface area (TPSA) is 32.3 Å². The molecule has 0 aliphatic carbocycles. The zero-order valence-corrected chi connectivity index (χ0v) is 9.59. The number of rotatable bonds is 3. The number of carbonyl (C=O) groups excluding carboxylic acids is 1. The maximum Gasteiger partial charge on any atom is 0.246 e. The number of anilines is 2. The van der Waals surface area contributed by atoms with Gasteiger partial charge in [-0.15, -0.1) is 0 Å². The number of hydrogen-bond acceptors (Lipinski definition) is 2. The quantitative estimate of drug-likeness (QED) is 0.880. The first-order chi connectivity index (χ1) is 8.13. The summed E-state index contributed by atoms with van der Waals surface area (Å²) in [5.41, 5.74) is 0.896.